The molecular formula is C13H12Cl2N2O2. The highest BCUT2D eigenvalue weighted by Crippen LogP contribution is 2.31. The van der Waals surface area contributed by atoms with Gasteiger partial charge in [-0.15, -0.1) is 0 Å². The van der Waals surface area contributed by atoms with E-state index in [9.17, 15) is 9.90 Å². The summed E-state index contributed by atoms with van der Waals surface area (Å²) in [7, 11) is 0. The Hall–Kier alpha value is -1.52. The summed E-state index contributed by atoms with van der Waals surface area (Å²) in [6.07, 6.45) is 1.22. The second-order valence-electron chi connectivity index (χ2n) is 4.07. The lowest BCUT2D eigenvalue weighted by Crippen LogP contribution is -2.15. The fraction of sp³-hybridized carbons (Fsp3) is 0.231. The average Bonchev–Trinajstić information content (AvgIpc) is 2.37. The molecule has 6 heteroatoms. The summed E-state index contributed by atoms with van der Waals surface area (Å²) in [5, 5.41) is 10.5. The summed E-state index contributed by atoms with van der Waals surface area (Å²) in [4.78, 5) is 18.5. The maximum atomic E-state index is 11.9. The minimum atomic E-state index is -0.361. The minimum absolute atomic E-state index is 0.204. The van der Waals surface area contributed by atoms with Gasteiger partial charge in [-0.25, -0.2) is 0 Å². The number of nitrogens with one attached hydrogen (secondary N) is 1. The van der Waals surface area contributed by atoms with E-state index in [0.717, 1.165) is 6.42 Å². The number of aromatic nitrogens is 2. The zero-order valence-electron chi connectivity index (χ0n) is 10.2. The SMILES string of the molecule is CCCc1c(O)nc(-c2cccc(Cl)c2Cl)[nH]c1=O. The van der Waals surface area contributed by atoms with Crippen LogP contribution in [0.3, 0.4) is 0 Å². The lowest BCUT2D eigenvalue weighted by atomic mass is 10.1. The molecule has 0 fully saturated rings. The van der Waals surface area contributed by atoms with Crippen molar-refractivity contribution in [1.82, 2.24) is 9.97 Å². The molecule has 0 aliphatic heterocycles. The number of aromatic hydroxyl groups is 1. The second-order valence-corrected chi connectivity index (χ2v) is 4.85. The lowest BCUT2D eigenvalue weighted by molar-refractivity contribution is 0.443. The second kappa shape index (κ2) is 5.63. The Labute approximate surface area is 120 Å². The lowest BCUT2D eigenvalue weighted by Gasteiger charge is -2.07. The smallest absolute Gasteiger partial charge is 0.258 e. The van der Waals surface area contributed by atoms with Gasteiger partial charge in [-0.2, -0.15) is 4.98 Å². The van der Waals surface area contributed by atoms with Crippen LogP contribution < -0.4 is 5.56 Å². The monoisotopic (exact) mass is 298 g/mol. The number of benzene rings is 1. The van der Waals surface area contributed by atoms with Gasteiger partial charge >= 0.3 is 0 Å². The zero-order chi connectivity index (χ0) is 14.0. The van der Waals surface area contributed by atoms with Gasteiger partial charge < -0.3 is 10.1 Å². The summed E-state index contributed by atoms with van der Waals surface area (Å²) < 4.78 is 0. The molecule has 0 atom stereocenters. The molecule has 0 saturated carbocycles. The number of halogens is 2. The van der Waals surface area contributed by atoms with Crippen LogP contribution in [0.15, 0.2) is 23.0 Å². The van der Waals surface area contributed by atoms with Crippen LogP contribution in [-0.4, -0.2) is 15.1 Å². The van der Waals surface area contributed by atoms with Crippen LogP contribution in [0.1, 0.15) is 18.9 Å². The van der Waals surface area contributed by atoms with Gasteiger partial charge in [-0.1, -0.05) is 42.6 Å². The Balaban J connectivity index is 2.59. The Morgan fingerprint density at radius 1 is 1.37 bits per heavy atom. The highest BCUT2D eigenvalue weighted by molar-refractivity contribution is 6.43. The topological polar surface area (TPSA) is 66.0 Å². The van der Waals surface area contributed by atoms with E-state index < -0.39 is 0 Å². The van der Waals surface area contributed by atoms with Crippen molar-refractivity contribution in [3.63, 3.8) is 0 Å². The van der Waals surface area contributed by atoms with Crippen molar-refractivity contribution in [3.8, 4) is 17.3 Å². The Kier molecular flexibility index (Phi) is 4.12. The summed E-state index contributed by atoms with van der Waals surface area (Å²) in [5.41, 5.74) is 0.398. The maximum absolute atomic E-state index is 11.9. The molecule has 2 rings (SSSR count). The molecule has 0 amide bonds. The van der Waals surface area contributed by atoms with Crippen LogP contribution in [0.5, 0.6) is 5.88 Å². The van der Waals surface area contributed by atoms with E-state index in [4.69, 9.17) is 23.2 Å². The van der Waals surface area contributed by atoms with Crippen molar-refractivity contribution in [1.29, 1.82) is 0 Å². The molecule has 100 valence electrons. The maximum Gasteiger partial charge on any atom is 0.258 e. The van der Waals surface area contributed by atoms with Crippen LogP contribution in [0.2, 0.25) is 10.0 Å². The largest absolute Gasteiger partial charge is 0.493 e. The van der Waals surface area contributed by atoms with E-state index >= 15 is 0 Å². The van der Waals surface area contributed by atoms with Gasteiger partial charge in [0.2, 0.25) is 5.88 Å². The molecule has 2 aromatic rings. The molecule has 2 N–H and O–H groups in total. The van der Waals surface area contributed by atoms with E-state index in [2.05, 4.69) is 9.97 Å². The van der Waals surface area contributed by atoms with Gasteiger partial charge in [-0.3, -0.25) is 4.79 Å². The van der Waals surface area contributed by atoms with Crippen LogP contribution >= 0.6 is 23.2 Å². The van der Waals surface area contributed by atoms with Gasteiger partial charge in [0.15, 0.2) is 0 Å². The van der Waals surface area contributed by atoms with Crippen LogP contribution in [0.25, 0.3) is 11.4 Å². The van der Waals surface area contributed by atoms with Gasteiger partial charge in [0.1, 0.15) is 5.82 Å². The zero-order valence-corrected chi connectivity index (χ0v) is 11.7. The third-order valence-electron chi connectivity index (χ3n) is 2.70. The van der Waals surface area contributed by atoms with E-state index in [1.54, 1.807) is 18.2 Å². The fourth-order valence-electron chi connectivity index (χ4n) is 1.78. The number of hydrogen-bond donors (Lipinski definition) is 2. The van der Waals surface area contributed by atoms with Crippen molar-refractivity contribution in [2.45, 2.75) is 19.8 Å². The predicted octanol–water partition coefficient (Wildman–Crippen LogP) is 3.40. The molecule has 0 aliphatic rings. The first-order valence-electron chi connectivity index (χ1n) is 5.81. The van der Waals surface area contributed by atoms with Gasteiger partial charge in [0.05, 0.1) is 15.6 Å². The highest BCUT2D eigenvalue weighted by Gasteiger charge is 2.14. The molecular weight excluding hydrogens is 287 g/mol. The normalized spacial score (nSPS) is 10.7. The molecule has 0 spiro atoms. The van der Waals surface area contributed by atoms with E-state index in [0.29, 0.717) is 17.0 Å². The number of aromatic amines is 1. The molecule has 1 aromatic carbocycles. The Bertz CT molecular complexity index is 668. The highest BCUT2D eigenvalue weighted by atomic mass is 35.5. The summed E-state index contributed by atoms with van der Waals surface area (Å²) in [6.45, 7) is 1.92. The van der Waals surface area contributed by atoms with E-state index in [1.807, 2.05) is 6.92 Å². The number of hydrogen-bond acceptors (Lipinski definition) is 3. The van der Waals surface area contributed by atoms with Crippen molar-refractivity contribution in [2.75, 3.05) is 0 Å². The number of rotatable bonds is 3. The molecule has 0 unspecified atom stereocenters. The first-order chi connectivity index (χ1) is 9.04. The molecule has 0 aliphatic carbocycles. The molecule has 0 bridgehead atoms. The van der Waals surface area contributed by atoms with Crippen molar-refractivity contribution in [2.24, 2.45) is 0 Å². The minimum Gasteiger partial charge on any atom is -0.493 e. The van der Waals surface area contributed by atoms with E-state index in [-0.39, 0.29) is 27.8 Å². The molecule has 0 radical (unpaired) electrons. The molecule has 1 heterocycles. The molecule has 4 nitrogen and oxygen atoms in total. The standard InChI is InChI=1S/C13H12Cl2N2O2/c1-2-4-8-12(18)16-11(17-13(8)19)7-5-3-6-9(14)10(7)15/h3,5-6H,2,4H2,1H3,(H2,16,17,18,19). The van der Waals surface area contributed by atoms with Crippen LogP contribution in [0, 0.1) is 0 Å². The number of H-pyrrole nitrogens is 1. The summed E-state index contributed by atoms with van der Waals surface area (Å²) >= 11 is 12.0. The average molecular weight is 299 g/mol. The number of nitrogens with zero attached hydrogens (tertiary/aromatic N) is 1. The van der Waals surface area contributed by atoms with Crippen LogP contribution in [0.4, 0.5) is 0 Å². The van der Waals surface area contributed by atoms with Crippen molar-refractivity contribution in [3.05, 3.63) is 44.2 Å². The first-order valence-corrected chi connectivity index (χ1v) is 6.56. The third kappa shape index (κ3) is 2.74. The molecule has 0 saturated heterocycles. The Morgan fingerprint density at radius 3 is 2.74 bits per heavy atom. The van der Waals surface area contributed by atoms with Crippen LogP contribution in [-0.2, 0) is 6.42 Å². The summed E-state index contributed by atoms with van der Waals surface area (Å²) in [5.74, 6) is -0.0634. The van der Waals surface area contributed by atoms with Gasteiger partial charge in [0, 0.05) is 5.56 Å². The predicted molar refractivity (Wildman–Crippen MR) is 76.0 cm³/mol. The quantitative estimate of drug-likeness (QED) is 0.912. The van der Waals surface area contributed by atoms with E-state index in [1.165, 1.54) is 0 Å². The fourth-order valence-corrected chi connectivity index (χ4v) is 2.17. The molecule has 1 aromatic heterocycles. The third-order valence-corrected chi connectivity index (χ3v) is 3.52. The van der Waals surface area contributed by atoms with Crippen molar-refractivity contribution >= 4 is 23.2 Å². The van der Waals surface area contributed by atoms with Gasteiger partial charge in [-0.05, 0) is 18.6 Å². The Morgan fingerprint density at radius 2 is 2.11 bits per heavy atom. The van der Waals surface area contributed by atoms with Gasteiger partial charge in [0.25, 0.3) is 5.56 Å². The summed E-state index contributed by atoms with van der Waals surface area (Å²) in [6, 6.07) is 5.00. The van der Waals surface area contributed by atoms with Crippen molar-refractivity contribution < 1.29 is 5.11 Å². The first kappa shape index (κ1) is 13.9. The molecule has 19 heavy (non-hydrogen) atoms.